The highest BCUT2D eigenvalue weighted by atomic mass is 16.6. The maximum absolute atomic E-state index is 10.9. The predicted octanol–water partition coefficient (Wildman–Crippen LogP) is 1.45. The molecule has 1 rings (SSSR count). The molecule has 1 unspecified atom stereocenters. The number of pyridine rings is 1. The van der Waals surface area contributed by atoms with Crippen molar-refractivity contribution in [3.05, 3.63) is 27.9 Å². The molecule has 0 saturated heterocycles. The number of nitro groups is 1. The maximum atomic E-state index is 10.9. The van der Waals surface area contributed by atoms with Crippen molar-refractivity contribution in [2.45, 2.75) is 26.3 Å². The van der Waals surface area contributed by atoms with Gasteiger partial charge in [0, 0.05) is 24.3 Å². The third-order valence-electron chi connectivity index (χ3n) is 2.43. The molecule has 1 aromatic heterocycles. The van der Waals surface area contributed by atoms with Crippen LogP contribution in [0.2, 0.25) is 0 Å². The smallest absolute Gasteiger partial charge is 0.314 e. The zero-order valence-electron chi connectivity index (χ0n) is 9.43. The summed E-state index contributed by atoms with van der Waals surface area (Å²) in [5.74, 6) is 0.294. The van der Waals surface area contributed by atoms with Gasteiger partial charge in [-0.05, 0) is 19.4 Å². The topological polar surface area (TPSA) is 94.1 Å². The van der Waals surface area contributed by atoms with Crippen LogP contribution < -0.4 is 11.1 Å². The molecule has 0 aliphatic rings. The molecule has 0 spiro atoms. The van der Waals surface area contributed by atoms with Gasteiger partial charge in [0.05, 0.1) is 4.92 Å². The average molecular weight is 224 g/mol. The van der Waals surface area contributed by atoms with Gasteiger partial charge in [-0.25, -0.2) is 4.98 Å². The minimum atomic E-state index is -0.423. The Morgan fingerprint density at radius 1 is 1.69 bits per heavy atom. The first-order chi connectivity index (χ1) is 7.60. The van der Waals surface area contributed by atoms with E-state index in [9.17, 15) is 10.1 Å². The lowest BCUT2D eigenvalue weighted by atomic mass is 10.2. The Morgan fingerprint density at radius 3 is 2.88 bits per heavy atom. The Labute approximate surface area is 94.0 Å². The number of aryl methyl sites for hydroxylation is 1. The van der Waals surface area contributed by atoms with Gasteiger partial charge in [-0.1, -0.05) is 6.92 Å². The van der Waals surface area contributed by atoms with Gasteiger partial charge in [-0.3, -0.25) is 10.1 Å². The summed E-state index contributed by atoms with van der Waals surface area (Å²) in [6.45, 7) is 4.07. The van der Waals surface area contributed by atoms with E-state index in [0.29, 0.717) is 17.9 Å². The van der Waals surface area contributed by atoms with Crippen LogP contribution in [-0.4, -0.2) is 22.5 Å². The van der Waals surface area contributed by atoms with Crippen molar-refractivity contribution in [2.24, 2.45) is 5.73 Å². The van der Waals surface area contributed by atoms with Crippen molar-refractivity contribution in [1.29, 1.82) is 0 Å². The summed E-state index contributed by atoms with van der Waals surface area (Å²) < 4.78 is 0. The van der Waals surface area contributed by atoms with Gasteiger partial charge >= 0.3 is 5.69 Å². The molecule has 3 N–H and O–H groups in total. The highest BCUT2D eigenvalue weighted by Gasteiger charge is 2.19. The molecular weight excluding hydrogens is 208 g/mol. The lowest BCUT2D eigenvalue weighted by Crippen LogP contribution is -2.28. The Kier molecular flexibility index (Phi) is 4.19. The zero-order valence-corrected chi connectivity index (χ0v) is 9.43. The number of aromatic nitrogens is 1. The van der Waals surface area contributed by atoms with Crippen molar-refractivity contribution in [3.8, 4) is 0 Å². The summed E-state index contributed by atoms with van der Waals surface area (Å²) in [6, 6.07) is 1.63. The standard InChI is InChI=1S/C10H16N4O2/c1-3-8(6-11)13-10-9(14(15)16)7(2)4-5-12-10/h4-5,8H,3,6,11H2,1-2H3,(H,12,13). The normalized spacial score (nSPS) is 12.2. The molecule has 0 saturated carbocycles. The van der Waals surface area contributed by atoms with E-state index < -0.39 is 4.92 Å². The Balaban J connectivity index is 3.03. The minimum absolute atomic E-state index is 0.00741. The number of nitrogens with zero attached hydrogens (tertiary/aromatic N) is 2. The molecule has 16 heavy (non-hydrogen) atoms. The van der Waals surface area contributed by atoms with Crippen molar-refractivity contribution >= 4 is 11.5 Å². The molecule has 6 nitrogen and oxygen atoms in total. The first-order valence-corrected chi connectivity index (χ1v) is 5.16. The molecule has 1 aromatic rings. The summed E-state index contributed by atoms with van der Waals surface area (Å²) in [6.07, 6.45) is 2.34. The monoisotopic (exact) mass is 224 g/mol. The zero-order chi connectivity index (χ0) is 12.1. The van der Waals surface area contributed by atoms with Gasteiger partial charge in [0.2, 0.25) is 5.82 Å². The number of rotatable bonds is 5. The largest absolute Gasteiger partial charge is 0.360 e. The van der Waals surface area contributed by atoms with Crippen LogP contribution in [0, 0.1) is 17.0 Å². The minimum Gasteiger partial charge on any atom is -0.360 e. The molecule has 88 valence electrons. The summed E-state index contributed by atoms with van der Waals surface area (Å²) >= 11 is 0. The summed E-state index contributed by atoms with van der Waals surface area (Å²) in [4.78, 5) is 14.5. The van der Waals surface area contributed by atoms with E-state index in [1.165, 1.54) is 0 Å². The molecule has 0 aliphatic carbocycles. The molecule has 0 aliphatic heterocycles. The second-order valence-electron chi connectivity index (χ2n) is 3.57. The molecule has 0 fully saturated rings. The molecule has 0 radical (unpaired) electrons. The maximum Gasteiger partial charge on any atom is 0.314 e. The number of hydrogen-bond donors (Lipinski definition) is 2. The molecule has 0 amide bonds. The second kappa shape index (κ2) is 5.41. The van der Waals surface area contributed by atoms with Gasteiger partial charge < -0.3 is 11.1 Å². The van der Waals surface area contributed by atoms with E-state index in [0.717, 1.165) is 6.42 Å². The first-order valence-electron chi connectivity index (χ1n) is 5.16. The van der Waals surface area contributed by atoms with E-state index in [-0.39, 0.29) is 11.7 Å². The van der Waals surface area contributed by atoms with Crippen LogP contribution >= 0.6 is 0 Å². The number of anilines is 1. The number of nitrogens with one attached hydrogen (secondary N) is 1. The van der Waals surface area contributed by atoms with Crippen molar-refractivity contribution in [1.82, 2.24) is 4.98 Å². The highest BCUT2D eigenvalue weighted by Crippen LogP contribution is 2.26. The van der Waals surface area contributed by atoms with Crippen molar-refractivity contribution in [3.63, 3.8) is 0 Å². The quantitative estimate of drug-likeness (QED) is 0.583. The highest BCUT2D eigenvalue weighted by molar-refractivity contribution is 5.60. The fraction of sp³-hybridized carbons (Fsp3) is 0.500. The number of hydrogen-bond acceptors (Lipinski definition) is 5. The summed E-state index contributed by atoms with van der Waals surface area (Å²) in [5, 5.41) is 13.9. The van der Waals surface area contributed by atoms with Crippen molar-refractivity contribution < 1.29 is 4.92 Å². The van der Waals surface area contributed by atoms with Gasteiger partial charge in [-0.2, -0.15) is 0 Å². The fourth-order valence-electron chi connectivity index (χ4n) is 1.41. The fourth-order valence-corrected chi connectivity index (χ4v) is 1.41. The van der Waals surface area contributed by atoms with Crippen LogP contribution in [0.25, 0.3) is 0 Å². The van der Waals surface area contributed by atoms with E-state index in [4.69, 9.17) is 5.73 Å². The van der Waals surface area contributed by atoms with Crippen LogP contribution in [-0.2, 0) is 0 Å². The van der Waals surface area contributed by atoms with E-state index in [2.05, 4.69) is 10.3 Å². The van der Waals surface area contributed by atoms with E-state index >= 15 is 0 Å². The second-order valence-corrected chi connectivity index (χ2v) is 3.57. The summed E-state index contributed by atoms with van der Waals surface area (Å²) in [7, 11) is 0. The number of nitrogens with two attached hydrogens (primary N) is 1. The third kappa shape index (κ3) is 2.66. The van der Waals surface area contributed by atoms with E-state index in [1.54, 1.807) is 19.2 Å². The molecule has 0 bridgehead atoms. The molecular formula is C10H16N4O2. The lowest BCUT2D eigenvalue weighted by molar-refractivity contribution is -0.384. The molecule has 1 atom stereocenters. The van der Waals surface area contributed by atoms with Crippen molar-refractivity contribution in [2.75, 3.05) is 11.9 Å². The van der Waals surface area contributed by atoms with Gasteiger partial charge in [0.1, 0.15) is 0 Å². The van der Waals surface area contributed by atoms with E-state index in [1.807, 2.05) is 6.92 Å². The first kappa shape index (κ1) is 12.4. The molecule has 1 heterocycles. The summed E-state index contributed by atoms with van der Waals surface area (Å²) in [5.41, 5.74) is 6.15. The SMILES string of the molecule is CCC(CN)Nc1nccc(C)c1[N+](=O)[O-]. The van der Waals surface area contributed by atoms with Crippen LogP contribution in [0.3, 0.4) is 0 Å². The van der Waals surface area contributed by atoms with Gasteiger partial charge in [-0.15, -0.1) is 0 Å². The Bertz CT molecular complexity index is 377. The third-order valence-corrected chi connectivity index (χ3v) is 2.43. The molecule has 6 heteroatoms. The van der Waals surface area contributed by atoms with Gasteiger partial charge in [0.15, 0.2) is 0 Å². The van der Waals surface area contributed by atoms with Crippen LogP contribution in [0.4, 0.5) is 11.5 Å². The predicted molar refractivity (Wildman–Crippen MR) is 62.4 cm³/mol. The Hall–Kier alpha value is -1.69. The van der Waals surface area contributed by atoms with Crippen LogP contribution in [0.5, 0.6) is 0 Å². The average Bonchev–Trinajstić information content (AvgIpc) is 2.25. The van der Waals surface area contributed by atoms with Crippen LogP contribution in [0.1, 0.15) is 18.9 Å². The molecule has 0 aromatic carbocycles. The van der Waals surface area contributed by atoms with Crippen LogP contribution in [0.15, 0.2) is 12.3 Å². The Morgan fingerprint density at radius 2 is 2.38 bits per heavy atom. The lowest BCUT2D eigenvalue weighted by Gasteiger charge is -2.15. The van der Waals surface area contributed by atoms with Gasteiger partial charge in [0.25, 0.3) is 0 Å².